The van der Waals surface area contributed by atoms with Crippen LogP contribution in [-0.2, 0) is 0 Å². The number of anilines is 9. The largest absolute Gasteiger partial charge is 0.311 e. The lowest BCUT2D eigenvalue weighted by Crippen LogP contribution is -2.10. The van der Waals surface area contributed by atoms with Crippen LogP contribution in [-0.4, -0.2) is 13.7 Å². The van der Waals surface area contributed by atoms with Crippen LogP contribution in [0.15, 0.2) is 522 Å². The van der Waals surface area contributed by atoms with E-state index in [4.69, 9.17) is 0 Å². The van der Waals surface area contributed by atoms with Crippen molar-refractivity contribution in [2.45, 2.75) is 0 Å². The second-order valence-corrected chi connectivity index (χ2v) is 32.4. The van der Waals surface area contributed by atoms with Gasteiger partial charge in [-0.1, -0.05) is 346 Å². The molecule has 0 saturated carbocycles. The molecule has 0 N–H and O–H groups in total. The topological polar surface area (TPSA) is 24.5 Å². The molecule has 3 heterocycles. The van der Waals surface area contributed by atoms with Crippen molar-refractivity contribution in [1.29, 1.82) is 0 Å². The van der Waals surface area contributed by atoms with E-state index >= 15 is 0 Å². The molecule has 21 aromatic carbocycles. The van der Waals surface area contributed by atoms with E-state index in [-0.39, 0.29) is 0 Å². The lowest BCUT2D eigenvalue weighted by molar-refractivity contribution is 1.18. The van der Waals surface area contributed by atoms with Crippen molar-refractivity contribution in [2.75, 3.05) is 14.7 Å². The normalized spacial score (nSPS) is 11.3. The fourth-order valence-electron chi connectivity index (χ4n) is 18.6. The number of para-hydroxylation sites is 9. The first-order valence-corrected chi connectivity index (χ1v) is 43.8. The fourth-order valence-corrected chi connectivity index (χ4v) is 18.6. The van der Waals surface area contributed by atoms with E-state index in [1.54, 1.807) is 0 Å². The summed E-state index contributed by atoms with van der Waals surface area (Å²) in [7, 11) is 0. The predicted molar refractivity (Wildman–Crippen MR) is 543 cm³/mol. The Labute approximate surface area is 744 Å². The highest BCUT2D eigenvalue weighted by Crippen LogP contribution is 2.45. The highest BCUT2D eigenvalue weighted by molar-refractivity contribution is 6.13. The minimum atomic E-state index is 1.11. The highest BCUT2D eigenvalue weighted by Gasteiger charge is 2.22. The van der Waals surface area contributed by atoms with Gasteiger partial charge in [0.1, 0.15) is 0 Å². The van der Waals surface area contributed by atoms with Gasteiger partial charge < -0.3 is 28.4 Å². The van der Waals surface area contributed by atoms with Crippen molar-refractivity contribution in [3.05, 3.63) is 522 Å². The molecule has 0 spiro atoms. The number of nitrogens with zero attached hydrogens (tertiary/aromatic N) is 6. The molecule has 0 aliphatic rings. The van der Waals surface area contributed by atoms with Crippen LogP contribution in [0.2, 0.25) is 0 Å². The van der Waals surface area contributed by atoms with Crippen LogP contribution in [0.25, 0.3) is 149 Å². The summed E-state index contributed by atoms with van der Waals surface area (Å²) in [6, 6.07) is 187. The summed E-state index contributed by atoms with van der Waals surface area (Å²) in [6.07, 6.45) is 0. The molecule has 0 saturated heterocycles. The zero-order valence-corrected chi connectivity index (χ0v) is 70.3. The average molecular weight is 1640 g/mol. The minimum absolute atomic E-state index is 1.11. The van der Waals surface area contributed by atoms with Crippen molar-refractivity contribution < 1.29 is 0 Å². The Balaban J connectivity index is 0.000000114. The second-order valence-electron chi connectivity index (χ2n) is 32.4. The van der Waals surface area contributed by atoms with Crippen LogP contribution < -0.4 is 14.7 Å². The molecular formula is C122H86N6. The monoisotopic (exact) mass is 1630 g/mol. The molecule has 6 nitrogen and oxygen atoms in total. The van der Waals surface area contributed by atoms with Gasteiger partial charge in [-0.3, -0.25) is 0 Å². The molecule has 6 heteroatoms. The van der Waals surface area contributed by atoms with E-state index in [0.29, 0.717) is 0 Å². The number of fused-ring (bicyclic) bond motifs is 11. The van der Waals surface area contributed by atoms with Gasteiger partial charge in [-0.05, 0) is 237 Å². The van der Waals surface area contributed by atoms with E-state index in [1.165, 1.54) is 154 Å². The molecular weight excluding hydrogens is 1550 g/mol. The SMILES string of the molecule is c1ccc(-c2ccc(N(c3ccc(-c4ccc5c6ccccc6n(-c6ccccc6)c5c4)cc3)c3ccc4ccccc4c3)cc2)cc1.c1ccc(N(c2ccc(-c3ccc4c5ccccc5n(-c5ccccc5)c4c3)cc2)c2cccc3ccccc23)cc1.c1ccc(N(c2ccccc2)c2ccc(-c3ccc4c5ccccc5n(-c5ccccc5)c4c3)cc2)cc1. The molecule has 0 unspecified atom stereocenters. The van der Waals surface area contributed by atoms with Gasteiger partial charge in [0, 0.05) is 100 Å². The molecule has 0 aliphatic carbocycles. The maximum atomic E-state index is 2.38. The molecule has 24 aromatic rings. The van der Waals surface area contributed by atoms with Gasteiger partial charge in [0.25, 0.3) is 0 Å². The Morgan fingerprint density at radius 3 is 0.766 bits per heavy atom. The third kappa shape index (κ3) is 14.9. The second kappa shape index (κ2) is 34.3. The van der Waals surface area contributed by atoms with Crippen LogP contribution in [0.3, 0.4) is 0 Å². The lowest BCUT2D eigenvalue weighted by Gasteiger charge is -2.27. The number of rotatable bonds is 16. The first-order chi connectivity index (χ1) is 63.5. The van der Waals surface area contributed by atoms with E-state index < -0.39 is 0 Å². The van der Waals surface area contributed by atoms with Crippen molar-refractivity contribution in [2.24, 2.45) is 0 Å². The zero-order chi connectivity index (χ0) is 85.1. The zero-order valence-electron chi connectivity index (χ0n) is 70.3. The number of aromatic nitrogens is 3. The van der Waals surface area contributed by atoms with Crippen molar-refractivity contribution >= 4 is 138 Å². The van der Waals surface area contributed by atoms with E-state index in [9.17, 15) is 0 Å². The molecule has 0 fully saturated rings. The highest BCUT2D eigenvalue weighted by atomic mass is 15.2. The fraction of sp³-hybridized carbons (Fsp3) is 0. The number of benzene rings is 21. The lowest BCUT2D eigenvalue weighted by atomic mass is 10.0. The quantitative estimate of drug-likeness (QED) is 0.0964. The van der Waals surface area contributed by atoms with Gasteiger partial charge in [-0.15, -0.1) is 0 Å². The Morgan fingerprint density at radius 2 is 0.375 bits per heavy atom. The summed E-state index contributed by atoms with van der Waals surface area (Å²) in [5.41, 5.74) is 30.6. The molecule has 0 bridgehead atoms. The number of hydrogen-bond donors (Lipinski definition) is 0. The van der Waals surface area contributed by atoms with E-state index in [1.807, 2.05) is 0 Å². The summed E-state index contributed by atoms with van der Waals surface area (Å²) in [6.45, 7) is 0. The predicted octanol–water partition coefficient (Wildman–Crippen LogP) is 33.7. The standard InChI is InChI=1S/C46H32N2.C40H28N2.C36H26N2/c1-3-11-33(12-4-1)35-19-25-40(26-20-35)47(42-29-23-34-13-7-8-14-37(34)31-42)41-27-21-36(22-28-41)38-24-30-44-43-17-9-10-18-45(43)48(46(44)32-38)39-15-5-2-6-16-39;1-3-14-32(15-4-1)41(38-21-11-13-30-12-7-8-18-35(30)38)34-25-22-29(23-26-34)31-24-27-37-36-19-9-10-20-39(36)42(40(37)28-31)33-16-5-2-6-17-33;1-4-12-29(13-5-1)37(30-14-6-2-7-15-30)32-23-20-27(21-24-32)28-22-25-34-33-18-10-11-19-35(33)38(36(34)26-28)31-16-8-3-9-17-31/h1-32H;1-28H;1-26H. The smallest absolute Gasteiger partial charge is 0.0547 e. The van der Waals surface area contributed by atoms with Crippen LogP contribution >= 0.6 is 0 Å². The van der Waals surface area contributed by atoms with Crippen molar-refractivity contribution in [3.63, 3.8) is 0 Å². The van der Waals surface area contributed by atoms with E-state index in [0.717, 1.165) is 45.5 Å². The third-order valence-electron chi connectivity index (χ3n) is 24.7. The maximum Gasteiger partial charge on any atom is 0.0547 e. The first-order valence-electron chi connectivity index (χ1n) is 43.8. The third-order valence-corrected chi connectivity index (χ3v) is 24.7. The molecule has 0 amide bonds. The molecule has 604 valence electrons. The summed E-state index contributed by atoms with van der Waals surface area (Å²) >= 11 is 0. The van der Waals surface area contributed by atoms with Gasteiger partial charge in [0.15, 0.2) is 0 Å². The summed E-state index contributed by atoms with van der Waals surface area (Å²) < 4.78 is 7.12. The van der Waals surface area contributed by atoms with Crippen LogP contribution in [0, 0.1) is 0 Å². The van der Waals surface area contributed by atoms with Gasteiger partial charge in [-0.2, -0.15) is 0 Å². The summed E-state index contributed by atoms with van der Waals surface area (Å²) in [5.74, 6) is 0. The van der Waals surface area contributed by atoms with Gasteiger partial charge in [-0.25, -0.2) is 0 Å². The maximum absolute atomic E-state index is 2.38. The molecule has 0 atom stereocenters. The average Bonchev–Trinajstić information content (AvgIpc) is 1.60. The Hall–Kier alpha value is -17.1. The number of hydrogen-bond acceptors (Lipinski definition) is 3. The Bertz CT molecular complexity index is 8010. The van der Waals surface area contributed by atoms with Crippen LogP contribution in [0.4, 0.5) is 51.2 Å². The summed E-state index contributed by atoms with van der Waals surface area (Å²) in [5, 5.41) is 12.5. The molecule has 128 heavy (non-hydrogen) atoms. The van der Waals surface area contributed by atoms with Gasteiger partial charge in [0.05, 0.1) is 38.8 Å². The van der Waals surface area contributed by atoms with Crippen LogP contribution in [0.5, 0.6) is 0 Å². The van der Waals surface area contributed by atoms with Gasteiger partial charge >= 0.3 is 0 Å². The van der Waals surface area contributed by atoms with Crippen molar-refractivity contribution in [3.8, 4) is 61.6 Å². The Kier molecular flexibility index (Phi) is 20.7. The summed E-state index contributed by atoms with van der Waals surface area (Å²) in [4.78, 5) is 6.99. The van der Waals surface area contributed by atoms with Crippen molar-refractivity contribution in [1.82, 2.24) is 13.7 Å². The van der Waals surface area contributed by atoms with Crippen LogP contribution in [0.1, 0.15) is 0 Å². The molecule has 0 radical (unpaired) electrons. The molecule has 3 aromatic heterocycles. The molecule has 24 rings (SSSR count). The van der Waals surface area contributed by atoms with E-state index in [2.05, 4.69) is 550 Å². The minimum Gasteiger partial charge on any atom is -0.311 e. The first kappa shape index (κ1) is 77.0. The Morgan fingerprint density at radius 1 is 0.125 bits per heavy atom. The van der Waals surface area contributed by atoms with Gasteiger partial charge in [0.2, 0.25) is 0 Å². The molecule has 0 aliphatic heterocycles.